The van der Waals surface area contributed by atoms with Gasteiger partial charge in [0.1, 0.15) is 0 Å². The van der Waals surface area contributed by atoms with Crippen molar-refractivity contribution in [1.29, 1.82) is 0 Å². The average Bonchev–Trinajstić information content (AvgIpc) is 2.32. The highest BCUT2D eigenvalue weighted by Gasteiger charge is 2.36. The van der Waals surface area contributed by atoms with Crippen molar-refractivity contribution in [2.45, 2.75) is 37.2 Å². The second kappa shape index (κ2) is 5.15. The van der Waals surface area contributed by atoms with Gasteiger partial charge in [0.15, 0.2) is 0 Å². The Morgan fingerprint density at radius 2 is 2.12 bits per heavy atom. The molecule has 1 aromatic rings. The van der Waals surface area contributed by atoms with Crippen molar-refractivity contribution in [2.24, 2.45) is 5.73 Å². The molecule has 1 saturated carbocycles. The highest BCUT2D eigenvalue weighted by Crippen LogP contribution is 2.40. The van der Waals surface area contributed by atoms with Crippen molar-refractivity contribution in [3.05, 3.63) is 33.8 Å². The molecule has 0 bridgehead atoms. The Kier molecular flexibility index (Phi) is 3.99. The lowest BCUT2D eigenvalue weighted by molar-refractivity contribution is 0.0871. The Bertz CT molecular complexity index is 410. The van der Waals surface area contributed by atoms with Crippen LogP contribution < -0.4 is 5.73 Å². The molecule has 0 heterocycles. The molecule has 17 heavy (non-hydrogen) atoms. The SMILES string of the molecule is NC[C@@]1(c2ccc(Cl)c(Cl)c2)CCC[C@H](O)C1. The fourth-order valence-electron chi connectivity index (χ4n) is 2.72. The number of nitrogens with two attached hydrogens (primary N) is 1. The van der Waals surface area contributed by atoms with Gasteiger partial charge in [-0.3, -0.25) is 0 Å². The molecular formula is C13H17Cl2NO. The molecular weight excluding hydrogens is 257 g/mol. The Labute approximate surface area is 112 Å². The minimum atomic E-state index is -0.262. The normalized spacial score (nSPS) is 29.3. The van der Waals surface area contributed by atoms with Crippen molar-refractivity contribution in [1.82, 2.24) is 0 Å². The molecule has 4 heteroatoms. The first-order valence-corrected chi connectivity index (χ1v) is 6.67. The number of hydrogen-bond donors (Lipinski definition) is 2. The van der Waals surface area contributed by atoms with Crippen molar-refractivity contribution in [3.8, 4) is 0 Å². The minimum Gasteiger partial charge on any atom is -0.393 e. The van der Waals surface area contributed by atoms with Crippen molar-refractivity contribution in [2.75, 3.05) is 6.54 Å². The van der Waals surface area contributed by atoms with Crippen LogP contribution >= 0.6 is 23.2 Å². The molecule has 0 radical (unpaired) electrons. The lowest BCUT2D eigenvalue weighted by Crippen LogP contribution is -2.41. The Morgan fingerprint density at radius 3 is 2.71 bits per heavy atom. The summed E-state index contributed by atoms with van der Waals surface area (Å²) in [5.41, 5.74) is 6.88. The van der Waals surface area contributed by atoms with E-state index in [-0.39, 0.29) is 11.5 Å². The van der Waals surface area contributed by atoms with E-state index in [0.717, 1.165) is 24.8 Å². The second-order valence-corrected chi connectivity index (χ2v) is 5.68. The Morgan fingerprint density at radius 1 is 1.35 bits per heavy atom. The Hall–Kier alpha value is -0.280. The van der Waals surface area contributed by atoms with Gasteiger partial charge in [0.05, 0.1) is 16.1 Å². The smallest absolute Gasteiger partial charge is 0.0595 e. The molecule has 2 nitrogen and oxygen atoms in total. The molecule has 1 aromatic carbocycles. The lowest BCUT2D eigenvalue weighted by Gasteiger charge is -2.39. The number of rotatable bonds is 2. The van der Waals surface area contributed by atoms with E-state index in [1.165, 1.54) is 0 Å². The molecule has 1 aliphatic carbocycles. The summed E-state index contributed by atoms with van der Waals surface area (Å²) < 4.78 is 0. The number of benzene rings is 1. The maximum absolute atomic E-state index is 9.85. The lowest BCUT2D eigenvalue weighted by atomic mass is 9.68. The molecule has 0 amide bonds. The molecule has 94 valence electrons. The van der Waals surface area contributed by atoms with Crippen LogP contribution in [-0.2, 0) is 5.41 Å². The van der Waals surface area contributed by atoms with Gasteiger partial charge >= 0.3 is 0 Å². The molecule has 1 aliphatic rings. The summed E-state index contributed by atoms with van der Waals surface area (Å²) in [5.74, 6) is 0. The van der Waals surface area contributed by atoms with Crippen LogP contribution in [0.15, 0.2) is 18.2 Å². The fourth-order valence-corrected chi connectivity index (χ4v) is 3.02. The zero-order valence-corrected chi connectivity index (χ0v) is 11.1. The van der Waals surface area contributed by atoms with Crippen molar-refractivity contribution < 1.29 is 5.11 Å². The van der Waals surface area contributed by atoms with Gasteiger partial charge in [-0.25, -0.2) is 0 Å². The highest BCUT2D eigenvalue weighted by atomic mass is 35.5. The van der Waals surface area contributed by atoms with Crippen LogP contribution in [0.3, 0.4) is 0 Å². The first-order valence-electron chi connectivity index (χ1n) is 5.91. The van der Waals surface area contributed by atoms with Crippen molar-refractivity contribution in [3.63, 3.8) is 0 Å². The minimum absolute atomic E-state index is 0.147. The maximum atomic E-state index is 9.85. The average molecular weight is 274 g/mol. The number of aliphatic hydroxyl groups excluding tert-OH is 1. The van der Waals surface area contributed by atoms with Crippen LogP contribution in [-0.4, -0.2) is 17.8 Å². The van der Waals surface area contributed by atoms with E-state index in [4.69, 9.17) is 28.9 Å². The summed E-state index contributed by atoms with van der Waals surface area (Å²) in [6.07, 6.45) is 3.31. The standard InChI is InChI=1S/C13H17Cl2NO/c14-11-4-3-9(6-12(11)15)13(8-16)5-1-2-10(17)7-13/h3-4,6,10,17H,1-2,5,7-8,16H2/t10-,13+/m0/s1. The molecule has 2 rings (SSSR count). The summed E-state index contributed by atoms with van der Waals surface area (Å²) in [6, 6.07) is 5.66. The van der Waals surface area contributed by atoms with Crippen LogP contribution in [0.4, 0.5) is 0 Å². The van der Waals surface area contributed by atoms with Gasteiger partial charge in [0, 0.05) is 12.0 Å². The van der Waals surface area contributed by atoms with E-state index in [9.17, 15) is 5.11 Å². The van der Waals surface area contributed by atoms with Crippen LogP contribution in [0.2, 0.25) is 10.0 Å². The molecule has 0 unspecified atom stereocenters. The molecule has 0 saturated heterocycles. The molecule has 3 N–H and O–H groups in total. The summed E-state index contributed by atoms with van der Waals surface area (Å²) in [4.78, 5) is 0. The monoisotopic (exact) mass is 273 g/mol. The van der Waals surface area contributed by atoms with Gasteiger partial charge in [-0.1, -0.05) is 29.3 Å². The predicted molar refractivity (Wildman–Crippen MR) is 71.7 cm³/mol. The van der Waals surface area contributed by atoms with Crippen LogP contribution in [0.1, 0.15) is 31.2 Å². The van der Waals surface area contributed by atoms with Gasteiger partial charge in [0.25, 0.3) is 0 Å². The van der Waals surface area contributed by atoms with Crippen LogP contribution in [0.5, 0.6) is 0 Å². The zero-order valence-electron chi connectivity index (χ0n) is 9.63. The third-order valence-corrected chi connectivity index (χ3v) is 4.48. The first-order chi connectivity index (χ1) is 8.07. The van der Waals surface area contributed by atoms with Gasteiger partial charge in [0.2, 0.25) is 0 Å². The van der Waals surface area contributed by atoms with Gasteiger partial charge < -0.3 is 10.8 Å². The van der Waals surface area contributed by atoms with Gasteiger partial charge in [-0.2, -0.15) is 0 Å². The van der Waals surface area contributed by atoms with E-state index >= 15 is 0 Å². The van der Waals surface area contributed by atoms with Crippen LogP contribution in [0.25, 0.3) is 0 Å². The van der Waals surface area contributed by atoms with E-state index in [2.05, 4.69) is 0 Å². The van der Waals surface area contributed by atoms with E-state index in [1.54, 1.807) is 6.07 Å². The Balaban J connectivity index is 2.36. The third kappa shape index (κ3) is 2.60. The van der Waals surface area contributed by atoms with Gasteiger partial charge in [-0.05, 0) is 43.4 Å². The van der Waals surface area contributed by atoms with Gasteiger partial charge in [-0.15, -0.1) is 0 Å². The zero-order chi connectivity index (χ0) is 12.5. The molecule has 0 spiro atoms. The number of aliphatic hydroxyl groups is 1. The largest absolute Gasteiger partial charge is 0.393 e. The summed E-state index contributed by atoms with van der Waals surface area (Å²) in [7, 11) is 0. The van der Waals surface area contributed by atoms with Crippen LogP contribution in [0, 0.1) is 0 Å². The highest BCUT2D eigenvalue weighted by molar-refractivity contribution is 6.42. The molecule has 2 atom stereocenters. The third-order valence-electron chi connectivity index (χ3n) is 3.74. The van der Waals surface area contributed by atoms with E-state index < -0.39 is 0 Å². The quantitative estimate of drug-likeness (QED) is 0.870. The maximum Gasteiger partial charge on any atom is 0.0595 e. The molecule has 0 aliphatic heterocycles. The van der Waals surface area contributed by atoms with E-state index in [0.29, 0.717) is 23.0 Å². The summed E-state index contributed by atoms with van der Waals surface area (Å²) >= 11 is 12.0. The number of halogens is 2. The summed E-state index contributed by atoms with van der Waals surface area (Å²) in [5, 5.41) is 11.0. The second-order valence-electron chi connectivity index (χ2n) is 4.86. The number of hydrogen-bond acceptors (Lipinski definition) is 2. The first kappa shape index (κ1) is 13.2. The molecule has 1 fully saturated rings. The predicted octanol–water partition coefficient (Wildman–Crippen LogP) is 3.12. The topological polar surface area (TPSA) is 46.2 Å². The summed E-state index contributed by atoms with van der Waals surface area (Å²) in [6.45, 7) is 0.530. The van der Waals surface area contributed by atoms with Crippen molar-refractivity contribution >= 4 is 23.2 Å². The molecule has 0 aromatic heterocycles. The fraction of sp³-hybridized carbons (Fsp3) is 0.538. The van der Waals surface area contributed by atoms with E-state index in [1.807, 2.05) is 12.1 Å².